The summed E-state index contributed by atoms with van der Waals surface area (Å²) in [7, 11) is 0. The molecule has 2 saturated heterocycles. The van der Waals surface area contributed by atoms with Gasteiger partial charge in [0, 0.05) is 38.8 Å². The lowest BCUT2D eigenvalue weighted by Gasteiger charge is -2.43. The first-order valence-corrected chi connectivity index (χ1v) is 12.2. The van der Waals surface area contributed by atoms with Crippen molar-refractivity contribution in [2.24, 2.45) is 17.8 Å². The van der Waals surface area contributed by atoms with Gasteiger partial charge in [-0.25, -0.2) is 4.98 Å². The van der Waals surface area contributed by atoms with Crippen molar-refractivity contribution >= 4 is 11.0 Å². The summed E-state index contributed by atoms with van der Waals surface area (Å²) in [6, 6.07) is 8.86. The van der Waals surface area contributed by atoms with Gasteiger partial charge in [0.2, 0.25) is 0 Å². The van der Waals surface area contributed by atoms with Gasteiger partial charge in [-0.1, -0.05) is 26.0 Å². The molecular formula is C25H38N4O2. The van der Waals surface area contributed by atoms with E-state index in [4.69, 9.17) is 9.72 Å². The number of likely N-dealkylation sites (tertiary alicyclic amines) is 1. The molecule has 0 unspecified atom stereocenters. The van der Waals surface area contributed by atoms with Gasteiger partial charge in [0.1, 0.15) is 5.82 Å². The van der Waals surface area contributed by atoms with E-state index in [1.54, 1.807) is 0 Å². The van der Waals surface area contributed by atoms with Crippen molar-refractivity contribution in [1.82, 2.24) is 19.4 Å². The topological polar surface area (TPSA) is 53.8 Å². The summed E-state index contributed by atoms with van der Waals surface area (Å²) in [5.41, 5.74) is 2.37. The first-order chi connectivity index (χ1) is 15.1. The van der Waals surface area contributed by atoms with Crippen molar-refractivity contribution in [2.45, 2.75) is 58.3 Å². The van der Waals surface area contributed by atoms with Crippen molar-refractivity contribution < 1.29 is 9.84 Å². The van der Waals surface area contributed by atoms with Crippen LogP contribution < -0.4 is 0 Å². The SMILES string of the molecule is CC(C)CCn1c(CN2C[C@H]3C[C@@H](N4CCOCC4)[C@H](O)C[C@H]3C2)nc2ccccc21. The standard InChI is InChI=1S/C25H38N4O2/c1-18(2)7-8-29-22-6-4-3-5-21(22)26-25(29)17-27-15-19-13-23(24(30)14-20(19)16-27)28-9-11-31-12-10-28/h3-6,18-20,23-24,30H,7-17H2,1-2H3/t19-,20+,23-,24-/m1/s1. The third-order valence-corrected chi connectivity index (χ3v) is 7.73. The summed E-state index contributed by atoms with van der Waals surface area (Å²) in [5, 5.41) is 10.9. The van der Waals surface area contributed by atoms with Gasteiger partial charge in [-0.3, -0.25) is 9.80 Å². The lowest BCUT2D eigenvalue weighted by molar-refractivity contribution is -0.0520. The molecule has 1 saturated carbocycles. The van der Waals surface area contributed by atoms with Crippen LogP contribution in [-0.2, 0) is 17.8 Å². The zero-order chi connectivity index (χ0) is 21.4. The normalized spacial score (nSPS) is 30.3. The zero-order valence-corrected chi connectivity index (χ0v) is 19.1. The Hall–Kier alpha value is -1.47. The number of aliphatic hydroxyl groups is 1. The van der Waals surface area contributed by atoms with Crippen LogP contribution in [0, 0.1) is 17.8 Å². The first-order valence-electron chi connectivity index (χ1n) is 12.2. The highest BCUT2D eigenvalue weighted by atomic mass is 16.5. The second-order valence-corrected chi connectivity index (χ2v) is 10.3. The van der Waals surface area contributed by atoms with Crippen molar-refractivity contribution in [3.05, 3.63) is 30.1 Å². The molecule has 3 fully saturated rings. The van der Waals surface area contributed by atoms with Crippen LogP contribution in [0.4, 0.5) is 0 Å². The number of aromatic nitrogens is 2. The predicted molar refractivity (Wildman–Crippen MR) is 123 cm³/mol. The molecule has 2 aliphatic heterocycles. The minimum atomic E-state index is -0.199. The van der Waals surface area contributed by atoms with Gasteiger partial charge >= 0.3 is 0 Å². The molecule has 0 amide bonds. The second-order valence-electron chi connectivity index (χ2n) is 10.3. The Morgan fingerprint density at radius 1 is 1.10 bits per heavy atom. The van der Waals surface area contributed by atoms with Crippen molar-refractivity contribution in [3.8, 4) is 0 Å². The number of aliphatic hydroxyl groups excluding tert-OH is 1. The summed E-state index contributed by atoms with van der Waals surface area (Å²) >= 11 is 0. The molecule has 1 aromatic carbocycles. The van der Waals surface area contributed by atoms with Crippen LogP contribution in [0.1, 0.15) is 38.9 Å². The smallest absolute Gasteiger partial charge is 0.124 e. The number of para-hydroxylation sites is 2. The van der Waals surface area contributed by atoms with E-state index < -0.39 is 0 Å². The molecule has 4 atom stereocenters. The van der Waals surface area contributed by atoms with E-state index in [1.165, 1.54) is 17.8 Å². The monoisotopic (exact) mass is 426 g/mol. The molecule has 6 heteroatoms. The Morgan fingerprint density at radius 2 is 1.84 bits per heavy atom. The third-order valence-electron chi connectivity index (χ3n) is 7.73. The highest BCUT2D eigenvalue weighted by Gasteiger charge is 2.43. The summed E-state index contributed by atoms with van der Waals surface area (Å²) in [5.74, 6) is 3.18. The number of imidazole rings is 1. The minimum Gasteiger partial charge on any atom is -0.391 e. The van der Waals surface area contributed by atoms with E-state index >= 15 is 0 Å². The Morgan fingerprint density at radius 3 is 2.61 bits per heavy atom. The quantitative estimate of drug-likeness (QED) is 0.770. The lowest BCUT2D eigenvalue weighted by atomic mass is 9.77. The fraction of sp³-hybridized carbons (Fsp3) is 0.720. The summed E-state index contributed by atoms with van der Waals surface area (Å²) in [6.07, 6.45) is 3.03. The molecule has 2 aromatic rings. The van der Waals surface area contributed by atoms with Gasteiger partial charge in [-0.2, -0.15) is 0 Å². The molecule has 1 N–H and O–H groups in total. The maximum absolute atomic E-state index is 10.9. The van der Waals surface area contributed by atoms with E-state index in [9.17, 15) is 5.11 Å². The van der Waals surface area contributed by atoms with Gasteiger partial charge in [0.15, 0.2) is 0 Å². The molecule has 3 aliphatic rings. The number of hydrogen-bond donors (Lipinski definition) is 1. The molecule has 0 radical (unpaired) electrons. The molecule has 1 aromatic heterocycles. The summed E-state index contributed by atoms with van der Waals surface area (Å²) in [6.45, 7) is 12.3. The fourth-order valence-corrected chi connectivity index (χ4v) is 6.02. The number of aryl methyl sites for hydroxylation is 1. The van der Waals surface area contributed by atoms with Crippen LogP contribution in [0.25, 0.3) is 11.0 Å². The number of fused-ring (bicyclic) bond motifs is 2. The van der Waals surface area contributed by atoms with E-state index in [0.29, 0.717) is 23.8 Å². The highest BCUT2D eigenvalue weighted by Crippen LogP contribution is 2.39. The van der Waals surface area contributed by atoms with E-state index in [2.05, 4.69) is 52.5 Å². The minimum absolute atomic E-state index is 0.199. The van der Waals surface area contributed by atoms with E-state index in [0.717, 1.165) is 70.8 Å². The number of ether oxygens (including phenoxy) is 1. The van der Waals surface area contributed by atoms with E-state index in [1.807, 2.05) is 0 Å². The molecule has 3 heterocycles. The van der Waals surface area contributed by atoms with Gasteiger partial charge in [0.05, 0.1) is 36.9 Å². The molecule has 5 rings (SSSR count). The van der Waals surface area contributed by atoms with Crippen molar-refractivity contribution in [1.29, 1.82) is 0 Å². The Balaban J connectivity index is 1.29. The Labute approximate surface area is 186 Å². The second kappa shape index (κ2) is 9.18. The highest BCUT2D eigenvalue weighted by molar-refractivity contribution is 5.75. The van der Waals surface area contributed by atoms with Crippen LogP contribution in [0.15, 0.2) is 24.3 Å². The van der Waals surface area contributed by atoms with Gasteiger partial charge in [-0.05, 0) is 49.1 Å². The maximum atomic E-state index is 10.9. The molecular weight excluding hydrogens is 388 g/mol. The number of rotatable bonds is 6. The van der Waals surface area contributed by atoms with Crippen LogP contribution in [0.3, 0.4) is 0 Å². The molecule has 31 heavy (non-hydrogen) atoms. The molecule has 0 spiro atoms. The Kier molecular flexibility index (Phi) is 6.33. The van der Waals surface area contributed by atoms with Crippen molar-refractivity contribution in [3.63, 3.8) is 0 Å². The number of morpholine rings is 1. The first kappa shape index (κ1) is 21.4. The summed E-state index contributed by atoms with van der Waals surface area (Å²) in [4.78, 5) is 10.1. The molecule has 0 bridgehead atoms. The maximum Gasteiger partial charge on any atom is 0.124 e. The molecule has 6 nitrogen and oxygen atoms in total. The van der Waals surface area contributed by atoms with Crippen LogP contribution in [0.5, 0.6) is 0 Å². The van der Waals surface area contributed by atoms with Gasteiger partial charge in [0.25, 0.3) is 0 Å². The largest absolute Gasteiger partial charge is 0.391 e. The zero-order valence-electron chi connectivity index (χ0n) is 19.1. The van der Waals surface area contributed by atoms with Gasteiger partial charge in [-0.15, -0.1) is 0 Å². The van der Waals surface area contributed by atoms with Crippen LogP contribution in [-0.4, -0.2) is 76.0 Å². The average Bonchev–Trinajstić information content (AvgIpc) is 3.32. The third kappa shape index (κ3) is 4.54. The Bertz CT molecular complexity index is 876. The van der Waals surface area contributed by atoms with E-state index in [-0.39, 0.29) is 6.10 Å². The predicted octanol–water partition coefficient (Wildman–Crippen LogP) is 2.99. The number of nitrogens with zero attached hydrogens (tertiary/aromatic N) is 4. The van der Waals surface area contributed by atoms with Gasteiger partial charge < -0.3 is 14.4 Å². The molecule has 170 valence electrons. The number of hydrogen-bond acceptors (Lipinski definition) is 5. The average molecular weight is 427 g/mol. The lowest BCUT2D eigenvalue weighted by Crippen LogP contribution is -2.53. The fourth-order valence-electron chi connectivity index (χ4n) is 6.02. The van der Waals surface area contributed by atoms with Crippen LogP contribution >= 0.6 is 0 Å². The molecule has 1 aliphatic carbocycles. The summed E-state index contributed by atoms with van der Waals surface area (Å²) < 4.78 is 7.97. The van der Waals surface area contributed by atoms with Crippen LogP contribution in [0.2, 0.25) is 0 Å². The number of benzene rings is 1. The van der Waals surface area contributed by atoms with Crippen molar-refractivity contribution in [2.75, 3.05) is 39.4 Å².